The van der Waals surface area contributed by atoms with Crippen LogP contribution in [0.2, 0.25) is 5.15 Å². The van der Waals surface area contributed by atoms with Crippen LogP contribution in [0.5, 0.6) is 0 Å². The molecule has 0 bridgehead atoms. The number of hydrogen-bond donors (Lipinski definition) is 0. The van der Waals surface area contributed by atoms with Gasteiger partial charge in [0.15, 0.2) is 0 Å². The van der Waals surface area contributed by atoms with Crippen molar-refractivity contribution >= 4 is 34.2 Å². The number of piperazine rings is 1. The third-order valence-corrected chi connectivity index (χ3v) is 5.62. The van der Waals surface area contributed by atoms with Crippen LogP contribution in [0.1, 0.15) is 36.3 Å². The van der Waals surface area contributed by atoms with Gasteiger partial charge in [0.05, 0.1) is 15.3 Å². The van der Waals surface area contributed by atoms with E-state index in [4.69, 9.17) is 16.6 Å². The average Bonchev–Trinajstić information content (AvgIpc) is 3.20. The largest absolute Gasteiger partial charge is 0.303 e. The Labute approximate surface area is 132 Å². The molecule has 1 aliphatic heterocycles. The van der Waals surface area contributed by atoms with Gasteiger partial charge in [-0.25, -0.2) is 9.97 Å². The summed E-state index contributed by atoms with van der Waals surface area (Å²) in [4.78, 5) is 14.0. The molecule has 1 unspecified atom stereocenters. The molecule has 3 rings (SSSR count). The fourth-order valence-corrected chi connectivity index (χ4v) is 3.38. The fraction of sp³-hybridized carbons (Fsp3) is 0.692. The van der Waals surface area contributed by atoms with Gasteiger partial charge in [-0.2, -0.15) is 0 Å². The molecule has 2 aliphatic rings. The summed E-state index contributed by atoms with van der Waals surface area (Å²) in [5.41, 5.74) is 1.16. The Balaban J connectivity index is 1.95. The van der Waals surface area contributed by atoms with E-state index in [9.17, 15) is 0 Å². The quantitative estimate of drug-likeness (QED) is 0.572. The molecule has 1 aliphatic carbocycles. The predicted octanol–water partition coefficient (Wildman–Crippen LogP) is 2.53. The number of hydrogen-bond acceptors (Lipinski definition) is 4. The first-order valence-corrected chi connectivity index (χ1v) is 8.13. The van der Waals surface area contributed by atoms with E-state index >= 15 is 0 Å². The highest BCUT2D eigenvalue weighted by Crippen LogP contribution is 2.42. The van der Waals surface area contributed by atoms with E-state index in [0.717, 1.165) is 34.7 Å². The van der Waals surface area contributed by atoms with Crippen LogP contribution >= 0.6 is 34.2 Å². The van der Waals surface area contributed by atoms with E-state index in [-0.39, 0.29) is 6.04 Å². The van der Waals surface area contributed by atoms with Gasteiger partial charge in [-0.1, -0.05) is 11.6 Å². The number of rotatable bonds is 2. The van der Waals surface area contributed by atoms with Gasteiger partial charge in [0.25, 0.3) is 0 Å². The molecule has 1 aromatic heterocycles. The zero-order chi connectivity index (χ0) is 13.6. The van der Waals surface area contributed by atoms with Gasteiger partial charge >= 0.3 is 0 Å². The summed E-state index contributed by atoms with van der Waals surface area (Å²) in [7, 11) is 4.29. The van der Waals surface area contributed by atoms with Gasteiger partial charge < -0.3 is 4.90 Å². The molecule has 19 heavy (non-hydrogen) atoms. The Kier molecular flexibility index (Phi) is 3.99. The first-order chi connectivity index (χ1) is 9.06. The van der Waals surface area contributed by atoms with Crippen molar-refractivity contribution in [2.75, 3.05) is 33.7 Å². The maximum absolute atomic E-state index is 6.30. The van der Waals surface area contributed by atoms with Crippen molar-refractivity contribution in [3.8, 4) is 0 Å². The third-order valence-electron chi connectivity index (χ3n) is 3.97. The van der Waals surface area contributed by atoms with E-state index in [1.807, 2.05) is 0 Å². The highest BCUT2D eigenvalue weighted by Gasteiger charge is 2.32. The van der Waals surface area contributed by atoms with Crippen LogP contribution in [-0.4, -0.2) is 53.5 Å². The lowest BCUT2D eigenvalue weighted by Gasteiger charge is -2.36. The van der Waals surface area contributed by atoms with Crippen LogP contribution in [0.3, 0.4) is 0 Å². The first kappa shape index (κ1) is 14.0. The second kappa shape index (κ2) is 5.42. The zero-order valence-corrected chi connectivity index (χ0v) is 14.1. The fourth-order valence-electron chi connectivity index (χ4n) is 2.52. The van der Waals surface area contributed by atoms with Crippen LogP contribution < -0.4 is 0 Å². The maximum Gasteiger partial charge on any atom is 0.148 e. The normalized spacial score (nSPS) is 25.8. The standard InChI is InChI=1S/C13H18ClIN4/c1-18-5-6-19(2)9(7-18)13-16-11(8-3-4-8)10(15)12(14)17-13/h8-9H,3-7H2,1-2H3. The van der Waals surface area contributed by atoms with Crippen molar-refractivity contribution in [3.05, 3.63) is 20.2 Å². The highest BCUT2D eigenvalue weighted by molar-refractivity contribution is 14.1. The van der Waals surface area contributed by atoms with Crippen molar-refractivity contribution < 1.29 is 0 Å². The Hall–Kier alpha value is 0.0200. The minimum atomic E-state index is 0.255. The third kappa shape index (κ3) is 2.89. The average molecular weight is 393 g/mol. The second-order valence-corrected chi connectivity index (χ2v) is 7.04. The molecule has 104 valence electrons. The highest BCUT2D eigenvalue weighted by atomic mass is 127. The summed E-state index contributed by atoms with van der Waals surface area (Å²) in [6.45, 7) is 3.12. The lowest BCUT2D eigenvalue weighted by molar-refractivity contribution is 0.109. The van der Waals surface area contributed by atoms with Crippen LogP contribution in [-0.2, 0) is 0 Å². The van der Waals surface area contributed by atoms with Crippen molar-refractivity contribution in [1.29, 1.82) is 0 Å². The Morgan fingerprint density at radius 3 is 2.63 bits per heavy atom. The molecule has 1 aromatic rings. The molecular formula is C13H18ClIN4. The molecule has 0 aromatic carbocycles. The molecule has 6 heteroatoms. The van der Waals surface area contributed by atoms with Gasteiger partial charge in [0, 0.05) is 25.6 Å². The number of likely N-dealkylation sites (N-methyl/N-ethyl adjacent to an activating group) is 2. The van der Waals surface area contributed by atoms with Crippen molar-refractivity contribution in [1.82, 2.24) is 19.8 Å². The number of halogens is 2. The number of aromatic nitrogens is 2. The van der Waals surface area contributed by atoms with E-state index < -0.39 is 0 Å². The van der Waals surface area contributed by atoms with Gasteiger partial charge in [-0.3, -0.25) is 4.90 Å². The summed E-state index contributed by atoms with van der Waals surface area (Å²) in [6, 6.07) is 0.255. The molecule has 0 N–H and O–H groups in total. The number of nitrogens with zero attached hydrogens (tertiary/aromatic N) is 4. The van der Waals surface area contributed by atoms with Gasteiger partial charge in [0.2, 0.25) is 0 Å². The molecule has 2 fully saturated rings. The molecular weight excluding hydrogens is 375 g/mol. The summed E-state index contributed by atoms with van der Waals surface area (Å²) >= 11 is 8.58. The van der Waals surface area contributed by atoms with Gasteiger partial charge in [0.1, 0.15) is 11.0 Å². The molecule has 0 spiro atoms. The summed E-state index contributed by atoms with van der Waals surface area (Å²) < 4.78 is 1.04. The predicted molar refractivity (Wildman–Crippen MR) is 84.6 cm³/mol. The Bertz CT molecular complexity index is 492. The van der Waals surface area contributed by atoms with Gasteiger partial charge in [-0.05, 0) is 49.5 Å². The van der Waals surface area contributed by atoms with Crippen molar-refractivity contribution in [2.24, 2.45) is 0 Å². The smallest absolute Gasteiger partial charge is 0.148 e. The summed E-state index contributed by atoms with van der Waals surface area (Å²) in [5, 5.41) is 0.620. The topological polar surface area (TPSA) is 32.3 Å². The molecule has 1 saturated carbocycles. The van der Waals surface area contributed by atoms with Crippen LogP contribution in [0, 0.1) is 3.57 Å². The Morgan fingerprint density at radius 2 is 1.95 bits per heavy atom. The van der Waals surface area contributed by atoms with E-state index in [1.165, 1.54) is 12.8 Å². The van der Waals surface area contributed by atoms with Crippen molar-refractivity contribution in [2.45, 2.75) is 24.8 Å². The van der Waals surface area contributed by atoms with E-state index in [2.05, 4.69) is 51.5 Å². The van der Waals surface area contributed by atoms with E-state index in [1.54, 1.807) is 0 Å². The Morgan fingerprint density at radius 1 is 1.21 bits per heavy atom. The second-order valence-electron chi connectivity index (χ2n) is 5.60. The monoisotopic (exact) mass is 392 g/mol. The zero-order valence-electron chi connectivity index (χ0n) is 11.2. The molecule has 1 saturated heterocycles. The minimum Gasteiger partial charge on any atom is -0.303 e. The van der Waals surface area contributed by atoms with Crippen LogP contribution in [0.4, 0.5) is 0 Å². The lowest BCUT2D eigenvalue weighted by atomic mass is 10.1. The molecule has 0 radical (unpaired) electrons. The van der Waals surface area contributed by atoms with Crippen LogP contribution in [0.25, 0.3) is 0 Å². The minimum absolute atomic E-state index is 0.255. The molecule has 2 heterocycles. The van der Waals surface area contributed by atoms with Crippen molar-refractivity contribution in [3.63, 3.8) is 0 Å². The summed E-state index contributed by atoms with van der Waals surface area (Å²) in [5.74, 6) is 1.50. The first-order valence-electron chi connectivity index (χ1n) is 6.68. The maximum atomic E-state index is 6.30. The molecule has 4 nitrogen and oxygen atoms in total. The molecule has 0 amide bonds. The lowest BCUT2D eigenvalue weighted by Crippen LogP contribution is -2.45. The SMILES string of the molecule is CN1CCN(C)C(c2nc(Cl)c(I)c(C3CC3)n2)C1. The van der Waals surface area contributed by atoms with Crippen LogP contribution in [0.15, 0.2) is 0 Å². The molecule has 1 atom stereocenters. The summed E-state index contributed by atoms with van der Waals surface area (Å²) in [6.07, 6.45) is 2.48. The van der Waals surface area contributed by atoms with Gasteiger partial charge in [-0.15, -0.1) is 0 Å². The van der Waals surface area contributed by atoms with E-state index in [0.29, 0.717) is 11.1 Å².